The van der Waals surface area contributed by atoms with Crippen LogP contribution in [0, 0.1) is 0 Å². The Bertz CT molecular complexity index is 519. The van der Waals surface area contributed by atoms with Crippen molar-refractivity contribution in [3.63, 3.8) is 0 Å². The molecule has 9 heteroatoms. The molecule has 2 heterocycles. The number of rotatable bonds is 6. The summed E-state index contributed by atoms with van der Waals surface area (Å²) in [6, 6.07) is 0.289. The lowest BCUT2D eigenvalue weighted by atomic mass is 10.3. The summed E-state index contributed by atoms with van der Waals surface area (Å²) in [4.78, 5) is 16.2. The molecule has 1 atom stereocenters. The van der Waals surface area contributed by atoms with Gasteiger partial charge in [-0.3, -0.25) is 0 Å². The highest BCUT2D eigenvalue weighted by atomic mass is 35.5. The zero-order valence-corrected chi connectivity index (χ0v) is 12.2. The third-order valence-corrected chi connectivity index (χ3v) is 3.32. The minimum absolute atomic E-state index is 0.127. The van der Waals surface area contributed by atoms with Gasteiger partial charge in [0.05, 0.1) is 0 Å². The summed E-state index contributed by atoms with van der Waals surface area (Å²) >= 11 is 7.67. The first-order chi connectivity index (χ1) is 9.22. The van der Waals surface area contributed by atoms with Gasteiger partial charge in [-0.1, -0.05) is 6.92 Å². The Kier molecular flexibility index (Phi) is 4.92. The molecule has 0 saturated heterocycles. The van der Waals surface area contributed by atoms with Crippen molar-refractivity contribution in [2.45, 2.75) is 19.4 Å². The number of hydrogen-bond acceptors (Lipinski definition) is 7. The molecule has 0 aliphatic carbocycles. The quantitative estimate of drug-likeness (QED) is 0.868. The monoisotopic (exact) mass is 299 g/mol. The Balaban J connectivity index is 2.21. The van der Waals surface area contributed by atoms with Gasteiger partial charge in [-0.2, -0.15) is 36.5 Å². The van der Waals surface area contributed by atoms with Crippen molar-refractivity contribution in [1.29, 1.82) is 0 Å². The lowest BCUT2D eigenvalue weighted by Gasteiger charge is -2.15. The lowest BCUT2D eigenvalue weighted by Crippen LogP contribution is -2.23. The maximum absolute atomic E-state index is 5.90. The summed E-state index contributed by atoms with van der Waals surface area (Å²) < 4.78 is 1.44. The molecule has 0 bridgehead atoms. The largest absolute Gasteiger partial charge is 0.350 e. The van der Waals surface area contributed by atoms with Gasteiger partial charge in [-0.15, -0.1) is 0 Å². The molecule has 0 amide bonds. The smallest absolute Gasteiger partial charge is 0.258 e. The number of nitrogens with one attached hydrogen (secondary N) is 1. The van der Waals surface area contributed by atoms with Gasteiger partial charge in [0.2, 0.25) is 11.2 Å². The Morgan fingerprint density at radius 3 is 2.89 bits per heavy atom. The highest BCUT2D eigenvalue weighted by Gasteiger charge is 2.11. The van der Waals surface area contributed by atoms with Gasteiger partial charge in [-0.05, 0) is 24.3 Å². The van der Waals surface area contributed by atoms with E-state index < -0.39 is 0 Å². The van der Waals surface area contributed by atoms with Gasteiger partial charge >= 0.3 is 0 Å². The van der Waals surface area contributed by atoms with E-state index in [9.17, 15) is 0 Å². The van der Waals surface area contributed by atoms with E-state index in [0.29, 0.717) is 11.9 Å². The van der Waals surface area contributed by atoms with Gasteiger partial charge in [-0.25, -0.2) is 4.98 Å². The topological polar surface area (TPSA) is 81.4 Å². The molecule has 0 aliphatic heterocycles. The van der Waals surface area contributed by atoms with Crippen LogP contribution in [0.15, 0.2) is 12.7 Å². The minimum atomic E-state index is 0.127. The zero-order chi connectivity index (χ0) is 13.7. The zero-order valence-electron chi connectivity index (χ0n) is 10.6. The van der Waals surface area contributed by atoms with Crippen molar-refractivity contribution in [2.24, 2.45) is 0 Å². The fraction of sp³-hybridized carbons (Fsp3) is 0.500. The summed E-state index contributed by atoms with van der Waals surface area (Å²) in [5, 5.41) is 7.34. The molecule has 0 spiro atoms. The maximum Gasteiger partial charge on any atom is 0.258 e. The summed E-state index contributed by atoms with van der Waals surface area (Å²) in [6.45, 7) is 2.11. The summed E-state index contributed by atoms with van der Waals surface area (Å²) in [6.07, 6.45) is 5.95. The van der Waals surface area contributed by atoms with Gasteiger partial charge in [0, 0.05) is 11.8 Å². The van der Waals surface area contributed by atoms with Crippen LogP contribution in [0.2, 0.25) is 5.28 Å². The van der Waals surface area contributed by atoms with Crippen LogP contribution in [0.25, 0.3) is 5.95 Å². The molecule has 0 aliphatic rings. The Morgan fingerprint density at radius 1 is 1.42 bits per heavy atom. The average molecular weight is 300 g/mol. The first-order valence-electron chi connectivity index (χ1n) is 5.75. The second kappa shape index (κ2) is 6.67. The molecule has 1 N–H and O–H groups in total. The van der Waals surface area contributed by atoms with Crippen molar-refractivity contribution in [1.82, 2.24) is 29.7 Å². The van der Waals surface area contributed by atoms with Crippen LogP contribution in [0.3, 0.4) is 0 Å². The van der Waals surface area contributed by atoms with E-state index in [1.807, 2.05) is 0 Å². The molecule has 19 heavy (non-hydrogen) atoms. The van der Waals surface area contributed by atoms with E-state index >= 15 is 0 Å². The predicted molar refractivity (Wildman–Crippen MR) is 75.8 cm³/mol. The van der Waals surface area contributed by atoms with Crippen LogP contribution in [-0.4, -0.2) is 47.8 Å². The molecule has 1 unspecified atom stereocenters. The van der Waals surface area contributed by atoms with Gasteiger partial charge in [0.15, 0.2) is 0 Å². The summed E-state index contributed by atoms with van der Waals surface area (Å²) in [5.74, 6) is 1.77. The molecule has 0 fully saturated rings. The molecule has 102 valence electrons. The molecule has 7 nitrogen and oxygen atoms in total. The van der Waals surface area contributed by atoms with Crippen molar-refractivity contribution < 1.29 is 0 Å². The van der Waals surface area contributed by atoms with Gasteiger partial charge in [0.25, 0.3) is 5.95 Å². The number of anilines is 1. The average Bonchev–Trinajstić information content (AvgIpc) is 2.91. The minimum Gasteiger partial charge on any atom is -0.350 e. The third kappa shape index (κ3) is 3.77. The van der Waals surface area contributed by atoms with Crippen LogP contribution in [-0.2, 0) is 0 Å². The van der Waals surface area contributed by atoms with E-state index in [-0.39, 0.29) is 11.3 Å². The standard InChI is InChI=1S/C10H14ClN7S/c1-3-7(4-19-2)14-9-15-8(11)16-10(17-9)18-6-12-5-13-18/h5-7H,3-4H2,1-2H3,(H,14,15,16,17). The van der Waals surface area contributed by atoms with Crippen LogP contribution in [0.4, 0.5) is 5.95 Å². The number of halogens is 1. The Labute approximate surface area is 120 Å². The molecule has 0 saturated carbocycles. The first-order valence-corrected chi connectivity index (χ1v) is 7.52. The van der Waals surface area contributed by atoms with Gasteiger partial charge in [0.1, 0.15) is 12.7 Å². The van der Waals surface area contributed by atoms with E-state index in [1.54, 1.807) is 11.8 Å². The van der Waals surface area contributed by atoms with Crippen LogP contribution < -0.4 is 5.32 Å². The molecular weight excluding hydrogens is 286 g/mol. The van der Waals surface area contributed by atoms with Crippen molar-refractivity contribution in [3.8, 4) is 5.95 Å². The first kappa shape index (κ1) is 14.0. The third-order valence-electron chi connectivity index (χ3n) is 2.41. The number of aromatic nitrogens is 6. The predicted octanol–water partition coefficient (Wildman–Crippen LogP) is 1.66. The van der Waals surface area contributed by atoms with E-state index in [1.165, 1.54) is 17.3 Å². The van der Waals surface area contributed by atoms with E-state index in [4.69, 9.17) is 11.6 Å². The molecule has 0 aromatic carbocycles. The molecule has 2 rings (SSSR count). The van der Waals surface area contributed by atoms with E-state index in [2.05, 4.69) is 43.5 Å². The van der Waals surface area contributed by atoms with Gasteiger partial charge < -0.3 is 5.32 Å². The number of hydrogen-bond donors (Lipinski definition) is 1. The Morgan fingerprint density at radius 2 is 2.26 bits per heavy atom. The SMILES string of the molecule is CCC(CSC)Nc1nc(Cl)nc(-n2cncn2)n1. The summed E-state index contributed by atoms with van der Waals surface area (Å²) in [5.41, 5.74) is 0. The van der Waals surface area contributed by atoms with Crippen molar-refractivity contribution in [2.75, 3.05) is 17.3 Å². The molecule has 2 aromatic rings. The van der Waals surface area contributed by atoms with Crippen molar-refractivity contribution >= 4 is 29.3 Å². The summed E-state index contributed by atoms with van der Waals surface area (Å²) in [7, 11) is 0. The van der Waals surface area contributed by atoms with Crippen LogP contribution in [0.5, 0.6) is 0 Å². The number of nitrogens with zero attached hydrogens (tertiary/aromatic N) is 6. The highest BCUT2D eigenvalue weighted by Crippen LogP contribution is 2.12. The number of thioether (sulfide) groups is 1. The van der Waals surface area contributed by atoms with Crippen LogP contribution >= 0.6 is 23.4 Å². The normalized spacial score (nSPS) is 12.4. The second-order valence-corrected chi connectivity index (χ2v) is 5.02. The maximum atomic E-state index is 5.90. The second-order valence-electron chi connectivity index (χ2n) is 3.77. The van der Waals surface area contributed by atoms with Crippen molar-refractivity contribution in [3.05, 3.63) is 17.9 Å². The highest BCUT2D eigenvalue weighted by molar-refractivity contribution is 7.98. The molecular formula is C10H14ClN7S. The molecule has 0 radical (unpaired) electrons. The fourth-order valence-corrected chi connectivity index (χ4v) is 2.34. The lowest BCUT2D eigenvalue weighted by molar-refractivity contribution is 0.747. The molecule has 2 aromatic heterocycles. The fourth-order valence-electron chi connectivity index (χ4n) is 1.46. The van der Waals surface area contributed by atoms with E-state index in [0.717, 1.165) is 12.2 Å². The van der Waals surface area contributed by atoms with Crippen LogP contribution in [0.1, 0.15) is 13.3 Å². The Hall–Kier alpha value is -1.41.